The van der Waals surface area contributed by atoms with Crippen molar-refractivity contribution in [3.8, 4) is 0 Å². The second-order valence-electron chi connectivity index (χ2n) is 2.50. The average molecular weight is 144 g/mol. The highest BCUT2D eigenvalue weighted by molar-refractivity contribution is 5.71. The molecule has 1 heterocycles. The standard InChI is InChI=1S/C7H12O3/c1-3-9-7-5(2)4-6(8)10-7/h5,7H,3-4H2,1-2H3/t5-,7-/m0/s1. The maximum absolute atomic E-state index is 10.6. The Hall–Kier alpha value is -0.570. The summed E-state index contributed by atoms with van der Waals surface area (Å²) in [6.45, 7) is 4.44. The highest BCUT2D eigenvalue weighted by Crippen LogP contribution is 2.21. The lowest BCUT2D eigenvalue weighted by Crippen LogP contribution is -2.17. The van der Waals surface area contributed by atoms with Gasteiger partial charge in [-0.15, -0.1) is 0 Å². The van der Waals surface area contributed by atoms with E-state index in [9.17, 15) is 4.79 Å². The number of cyclic esters (lactones) is 1. The van der Waals surface area contributed by atoms with Crippen LogP contribution in [0.4, 0.5) is 0 Å². The molecular formula is C7H12O3. The zero-order chi connectivity index (χ0) is 7.56. The Morgan fingerprint density at radius 3 is 2.90 bits per heavy atom. The molecule has 0 radical (unpaired) electrons. The van der Waals surface area contributed by atoms with Crippen LogP contribution in [0.1, 0.15) is 20.3 Å². The van der Waals surface area contributed by atoms with Gasteiger partial charge in [0.25, 0.3) is 0 Å². The van der Waals surface area contributed by atoms with Crippen LogP contribution in [-0.2, 0) is 14.3 Å². The van der Waals surface area contributed by atoms with Gasteiger partial charge in [-0.05, 0) is 6.92 Å². The summed E-state index contributed by atoms with van der Waals surface area (Å²) in [7, 11) is 0. The van der Waals surface area contributed by atoms with Gasteiger partial charge < -0.3 is 9.47 Å². The Balaban J connectivity index is 2.38. The number of carbonyl (C=O) groups is 1. The van der Waals surface area contributed by atoms with Crippen molar-refractivity contribution in [1.29, 1.82) is 0 Å². The summed E-state index contributed by atoms with van der Waals surface area (Å²) < 4.78 is 10.00. The first-order valence-electron chi connectivity index (χ1n) is 3.55. The second-order valence-corrected chi connectivity index (χ2v) is 2.50. The molecule has 0 saturated carbocycles. The van der Waals surface area contributed by atoms with Gasteiger partial charge >= 0.3 is 5.97 Å². The van der Waals surface area contributed by atoms with Crippen LogP contribution < -0.4 is 0 Å². The molecule has 1 fully saturated rings. The third-order valence-corrected chi connectivity index (χ3v) is 1.53. The molecule has 3 heteroatoms. The predicted octanol–water partition coefficient (Wildman–Crippen LogP) is 0.932. The molecular weight excluding hydrogens is 132 g/mol. The van der Waals surface area contributed by atoms with E-state index in [1.165, 1.54) is 0 Å². The van der Waals surface area contributed by atoms with Crippen LogP contribution in [-0.4, -0.2) is 18.9 Å². The average Bonchev–Trinajstić information content (AvgIpc) is 2.13. The minimum Gasteiger partial charge on any atom is -0.435 e. The maximum Gasteiger partial charge on any atom is 0.308 e. The molecule has 2 atom stereocenters. The molecule has 0 unspecified atom stereocenters. The van der Waals surface area contributed by atoms with Crippen LogP contribution in [0.25, 0.3) is 0 Å². The molecule has 1 rings (SSSR count). The van der Waals surface area contributed by atoms with Gasteiger partial charge in [-0.3, -0.25) is 4.79 Å². The third kappa shape index (κ3) is 1.48. The number of hydrogen-bond acceptors (Lipinski definition) is 3. The molecule has 3 nitrogen and oxygen atoms in total. The first-order chi connectivity index (χ1) is 4.74. The fourth-order valence-corrected chi connectivity index (χ4v) is 1.02. The molecule has 1 aliphatic rings. The molecule has 0 bridgehead atoms. The van der Waals surface area contributed by atoms with Gasteiger partial charge in [-0.25, -0.2) is 0 Å². The number of ether oxygens (including phenoxy) is 2. The van der Waals surface area contributed by atoms with Crippen LogP contribution in [0.2, 0.25) is 0 Å². The number of esters is 1. The zero-order valence-corrected chi connectivity index (χ0v) is 6.29. The topological polar surface area (TPSA) is 35.5 Å². The van der Waals surface area contributed by atoms with Gasteiger partial charge in [0.2, 0.25) is 6.29 Å². The molecule has 0 aromatic rings. The van der Waals surface area contributed by atoms with E-state index < -0.39 is 0 Å². The van der Waals surface area contributed by atoms with Crippen molar-refractivity contribution in [3.63, 3.8) is 0 Å². The largest absolute Gasteiger partial charge is 0.435 e. The smallest absolute Gasteiger partial charge is 0.308 e. The Labute approximate surface area is 60.3 Å². The first kappa shape index (κ1) is 7.54. The summed E-state index contributed by atoms with van der Waals surface area (Å²) in [6, 6.07) is 0. The van der Waals surface area contributed by atoms with Gasteiger partial charge in [0, 0.05) is 12.5 Å². The molecule has 0 aromatic heterocycles. The molecule has 0 amide bonds. The summed E-state index contributed by atoms with van der Waals surface area (Å²) in [5.74, 6) is 0.0680. The lowest BCUT2D eigenvalue weighted by molar-refractivity contribution is -0.165. The normalized spacial score (nSPS) is 32.4. The van der Waals surface area contributed by atoms with Crippen molar-refractivity contribution in [3.05, 3.63) is 0 Å². The number of hydrogen-bond donors (Lipinski definition) is 0. The third-order valence-electron chi connectivity index (χ3n) is 1.53. The van der Waals surface area contributed by atoms with Crippen LogP contribution in [0.3, 0.4) is 0 Å². The van der Waals surface area contributed by atoms with Gasteiger partial charge in [-0.2, -0.15) is 0 Å². The van der Waals surface area contributed by atoms with Crippen molar-refractivity contribution >= 4 is 5.97 Å². The first-order valence-corrected chi connectivity index (χ1v) is 3.55. The molecule has 0 spiro atoms. The van der Waals surface area contributed by atoms with Crippen LogP contribution in [0.5, 0.6) is 0 Å². The van der Waals surface area contributed by atoms with Crippen LogP contribution >= 0.6 is 0 Å². The van der Waals surface area contributed by atoms with Crippen molar-refractivity contribution in [1.82, 2.24) is 0 Å². The molecule has 10 heavy (non-hydrogen) atoms. The van der Waals surface area contributed by atoms with Crippen LogP contribution in [0.15, 0.2) is 0 Å². The van der Waals surface area contributed by atoms with E-state index in [1.54, 1.807) is 0 Å². The van der Waals surface area contributed by atoms with Crippen LogP contribution in [0, 0.1) is 5.92 Å². The van der Waals surface area contributed by atoms with Gasteiger partial charge in [0.05, 0.1) is 6.42 Å². The molecule has 1 saturated heterocycles. The van der Waals surface area contributed by atoms with Gasteiger partial charge in [0.15, 0.2) is 0 Å². The minimum atomic E-state index is -0.294. The quantitative estimate of drug-likeness (QED) is 0.541. The SMILES string of the molecule is CCO[C@H]1OC(=O)C[C@@H]1C. The van der Waals surface area contributed by atoms with Crippen molar-refractivity contribution in [2.45, 2.75) is 26.6 Å². The molecule has 0 aliphatic carbocycles. The number of rotatable bonds is 2. The molecule has 0 N–H and O–H groups in total. The fourth-order valence-electron chi connectivity index (χ4n) is 1.02. The summed E-state index contributed by atoms with van der Waals surface area (Å²) in [5.41, 5.74) is 0. The molecule has 1 aliphatic heterocycles. The maximum atomic E-state index is 10.6. The molecule has 0 aromatic carbocycles. The lowest BCUT2D eigenvalue weighted by Gasteiger charge is -2.12. The van der Waals surface area contributed by atoms with E-state index in [0.717, 1.165) is 0 Å². The van der Waals surface area contributed by atoms with Gasteiger partial charge in [-0.1, -0.05) is 6.92 Å². The lowest BCUT2D eigenvalue weighted by atomic mass is 10.1. The van der Waals surface area contributed by atoms with E-state index in [4.69, 9.17) is 9.47 Å². The Kier molecular flexibility index (Phi) is 2.27. The van der Waals surface area contributed by atoms with Gasteiger partial charge in [0.1, 0.15) is 0 Å². The monoisotopic (exact) mass is 144 g/mol. The van der Waals surface area contributed by atoms with E-state index in [1.807, 2.05) is 13.8 Å². The Morgan fingerprint density at radius 2 is 2.50 bits per heavy atom. The van der Waals surface area contributed by atoms with Crippen molar-refractivity contribution < 1.29 is 14.3 Å². The number of carbonyl (C=O) groups excluding carboxylic acids is 1. The summed E-state index contributed by atoms with van der Waals surface area (Å²) in [4.78, 5) is 10.6. The second kappa shape index (κ2) is 3.01. The van der Waals surface area contributed by atoms with Crippen molar-refractivity contribution in [2.75, 3.05) is 6.61 Å². The Morgan fingerprint density at radius 1 is 1.80 bits per heavy atom. The zero-order valence-electron chi connectivity index (χ0n) is 6.29. The minimum absolute atomic E-state index is 0.147. The van der Waals surface area contributed by atoms with E-state index in [0.29, 0.717) is 13.0 Å². The Bertz CT molecular complexity index is 133. The molecule has 58 valence electrons. The predicted molar refractivity (Wildman–Crippen MR) is 35.3 cm³/mol. The summed E-state index contributed by atoms with van der Waals surface area (Å²) in [6.07, 6.45) is 0.197. The fraction of sp³-hybridized carbons (Fsp3) is 0.857. The van der Waals surface area contributed by atoms with Crippen molar-refractivity contribution in [2.24, 2.45) is 5.92 Å². The van der Waals surface area contributed by atoms with E-state index >= 15 is 0 Å². The highest BCUT2D eigenvalue weighted by atomic mass is 16.7. The summed E-state index contributed by atoms with van der Waals surface area (Å²) in [5, 5.41) is 0. The van der Waals surface area contributed by atoms with E-state index in [2.05, 4.69) is 0 Å². The highest BCUT2D eigenvalue weighted by Gasteiger charge is 2.31. The summed E-state index contributed by atoms with van der Waals surface area (Å²) >= 11 is 0. The van der Waals surface area contributed by atoms with E-state index in [-0.39, 0.29) is 18.2 Å².